The van der Waals surface area contributed by atoms with Crippen molar-refractivity contribution in [2.75, 3.05) is 17.7 Å². The van der Waals surface area contributed by atoms with Crippen LogP contribution >= 0.6 is 11.8 Å². The average Bonchev–Trinajstić information content (AvgIpc) is 3.02. The monoisotopic (exact) mass is 386 g/mol. The number of ether oxygens (including phenoxy) is 1. The molecule has 0 aliphatic carbocycles. The summed E-state index contributed by atoms with van der Waals surface area (Å²) in [5.74, 6) is 1.81. The fourth-order valence-electron chi connectivity index (χ4n) is 2.96. The molecule has 1 aromatic heterocycles. The van der Waals surface area contributed by atoms with Crippen molar-refractivity contribution < 1.29 is 9.53 Å². The van der Waals surface area contributed by atoms with Gasteiger partial charge in [0.05, 0.1) is 12.2 Å². The number of fused-ring (bicyclic) bond motifs is 1. The first-order valence-corrected chi connectivity index (χ1v) is 10.2. The third kappa shape index (κ3) is 4.18. The molecule has 1 N–H and O–H groups in total. The van der Waals surface area contributed by atoms with Gasteiger partial charge in [0, 0.05) is 11.4 Å². The first-order chi connectivity index (χ1) is 12.9. The zero-order chi connectivity index (χ0) is 19.6. The summed E-state index contributed by atoms with van der Waals surface area (Å²) in [6.45, 7) is 10.4. The van der Waals surface area contributed by atoms with Crippen LogP contribution in [0.3, 0.4) is 0 Å². The number of hydrogen-bond acceptors (Lipinski definition) is 6. The molecule has 1 aliphatic heterocycles. The molecule has 2 aromatic rings. The Kier molecular flexibility index (Phi) is 5.89. The van der Waals surface area contributed by atoms with Crippen molar-refractivity contribution in [3.8, 4) is 0 Å². The van der Waals surface area contributed by atoms with E-state index < -0.39 is 0 Å². The summed E-state index contributed by atoms with van der Waals surface area (Å²) in [6, 6.07) is 7.79. The van der Waals surface area contributed by atoms with Crippen LogP contribution in [0.1, 0.15) is 44.9 Å². The van der Waals surface area contributed by atoms with E-state index in [1.165, 1.54) is 0 Å². The minimum absolute atomic E-state index is 0.328. The Morgan fingerprint density at radius 2 is 2.00 bits per heavy atom. The molecule has 0 fully saturated rings. The van der Waals surface area contributed by atoms with Gasteiger partial charge in [-0.2, -0.15) is 4.98 Å². The number of thioether (sulfide) groups is 1. The highest BCUT2D eigenvalue weighted by atomic mass is 32.2. The summed E-state index contributed by atoms with van der Waals surface area (Å²) in [7, 11) is 0. The topological polar surface area (TPSA) is 69.0 Å². The second-order valence-corrected chi connectivity index (χ2v) is 8.05. The fourth-order valence-corrected chi connectivity index (χ4v) is 3.74. The van der Waals surface area contributed by atoms with Gasteiger partial charge in [0.15, 0.2) is 0 Å². The van der Waals surface area contributed by atoms with Crippen molar-refractivity contribution in [2.24, 2.45) is 5.92 Å². The number of aryl methyl sites for hydroxylation is 1. The van der Waals surface area contributed by atoms with Crippen molar-refractivity contribution in [3.05, 3.63) is 46.7 Å². The van der Waals surface area contributed by atoms with Gasteiger partial charge in [-0.3, -0.25) is 0 Å². The van der Waals surface area contributed by atoms with Gasteiger partial charge >= 0.3 is 5.97 Å². The summed E-state index contributed by atoms with van der Waals surface area (Å²) in [6.07, 6.45) is 0. The number of carbonyl (C=O) groups is 1. The Labute approximate surface area is 164 Å². The van der Waals surface area contributed by atoms with Gasteiger partial charge in [0.1, 0.15) is 6.04 Å². The van der Waals surface area contributed by atoms with E-state index in [4.69, 9.17) is 9.84 Å². The number of rotatable bonds is 6. The van der Waals surface area contributed by atoms with Crippen molar-refractivity contribution in [1.82, 2.24) is 14.8 Å². The molecule has 0 saturated carbocycles. The van der Waals surface area contributed by atoms with Crippen LogP contribution in [0.15, 0.2) is 40.7 Å². The number of benzene rings is 1. The normalized spacial score (nSPS) is 16.3. The second kappa shape index (κ2) is 8.17. The Hall–Kier alpha value is -2.28. The van der Waals surface area contributed by atoms with Crippen molar-refractivity contribution in [3.63, 3.8) is 0 Å². The van der Waals surface area contributed by atoms with E-state index in [9.17, 15) is 4.79 Å². The summed E-state index contributed by atoms with van der Waals surface area (Å²) < 4.78 is 7.12. The van der Waals surface area contributed by atoms with Gasteiger partial charge in [0.25, 0.3) is 0 Å². The van der Waals surface area contributed by atoms with Crippen LogP contribution < -0.4 is 5.32 Å². The molecule has 0 spiro atoms. The number of nitrogens with one attached hydrogen (secondary N) is 1. The first kappa shape index (κ1) is 19.5. The lowest BCUT2D eigenvalue weighted by atomic mass is 9.95. The number of aromatic nitrogens is 3. The van der Waals surface area contributed by atoms with Gasteiger partial charge in [-0.15, -0.1) is 5.10 Å². The van der Waals surface area contributed by atoms with E-state index in [-0.39, 0.29) is 12.0 Å². The number of anilines is 1. The van der Waals surface area contributed by atoms with Crippen LogP contribution in [0.5, 0.6) is 0 Å². The third-order valence-electron chi connectivity index (χ3n) is 4.27. The van der Waals surface area contributed by atoms with Crippen LogP contribution in [-0.4, -0.2) is 33.1 Å². The summed E-state index contributed by atoms with van der Waals surface area (Å²) in [4.78, 5) is 17.3. The number of allylic oxidation sites excluding steroid dienone is 1. The average molecular weight is 387 g/mol. The molecule has 144 valence electrons. The molecule has 3 rings (SSSR count). The molecule has 6 nitrogen and oxygen atoms in total. The highest BCUT2D eigenvalue weighted by molar-refractivity contribution is 7.99. The minimum atomic E-state index is -0.359. The smallest absolute Gasteiger partial charge is 0.338 e. The van der Waals surface area contributed by atoms with Crippen LogP contribution in [0.2, 0.25) is 0 Å². The highest BCUT2D eigenvalue weighted by Gasteiger charge is 2.35. The van der Waals surface area contributed by atoms with E-state index in [0.717, 1.165) is 22.6 Å². The predicted molar refractivity (Wildman–Crippen MR) is 108 cm³/mol. The molecule has 27 heavy (non-hydrogen) atoms. The zero-order valence-corrected chi connectivity index (χ0v) is 17.3. The number of nitrogens with zero attached hydrogens (tertiary/aromatic N) is 3. The maximum atomic E-state index is 12.7. The summed E-state index contributed by atoms with van der Waals surface area (Å²) >= 11 is 1.63. The number of esters is 1. The van der Waals surface area contributed by atoms with Gasteiger partial charge in [-0.25, -0.2) is 9.48 Å². The van der Waals surface area contributed by atoms with E-state index in [1.807, 2.05) is 45.0 Å². The van der Waals surface area contributed by atoms with Crippen LogP contribution in [0, 0.1) is 12.8 Å². The van der Waals surface area contributed by atoms with E-state index in [0.29, 0.717) is 29.2 Å². The Balaban J connectivity index is 2.05. The molecule has 0 amide bonds. The molecule has 0 unspecified atom stereocenters. The molecule has 1 atom stereocenters. The number of carbonyl (C=O) groups excluding carboxylic acids is 1. The fraction of sp³-hybridized carbons (Fsp3) is 0.450. The molecule has 0 saturated heterocycles. The molecular weight excluding hydrogens is 360 g/mol. The second-order valence-electron chi connectivity index (χ2n) is 7.06. The van der Waals surface area contributed by atoms with Gasteiger partial charge < -0.3 is 10.1 Å². The summed E-state index contributed by atoms with van der Waals surface area (Å²) in [5.41, 5.74) is 3.46. The van der Waals surface area contributed by atoms with Gasteiger partial charge in [-0.1, -0.05) is 55.4 Å². The lowest BCUT2D eigenvalue weighted by molar-refractivity contribution is -0.139. The van der Waals surface area contributed by atoms with Crippen LogP contribution in [0.25, 0.3) is 0 Å². The molecule has 2 heterocycles. The quantitative estimate of drug-likeness (QED) is 0.593. The standard InChI is InChI=1S/C20H26N4O2S/c1-6-26-18(25)16-14(5)21-19-22-20(27-11-12(2)3)23-24(19)17(16)15-9-7-13(4)8-10-15/h7-10,12,17H,6,11H2,1-5H3,(H,21,22,23)/t17-/m1/s1. The van der Waals surface area contributed by atoms with Gasteiger partial charge in [0.2, 0.25) is 11.1 Å². The van der Waals surface area contributed by atoms with E-state index >= 15 is 0 Å². The molecular formula is C20H26N4O2S. The molecule has 7 heteroatoms. The van der Waals surface area contributed by atoms with Crippen LogP contribution in [-0.2, 0) is 9.53 Å². The van der Waals surface area contributed by atoms with Crippen molar-refractivity contribution in [1.29, 1.82) is 0 Å². The predicted octanol–water partition coefficient (Wildman–Crippen LogP) is 4.19. The molecule has 1 aliphatic rings. The SMILES string of the molecule is CCOC(=O)C1=C(C)Nc2nc(SCC(C)C)nn2[C@@H]1c1ccc(C)cc1. The lowest BCUT2D eigenvalue weighted by Gasteiger charge is -2.28. The van der Waals surface area contributed by atoms with E-state index in [1.54, 1.807) is 16.4 Å². The van der Waals surface area contributed by atoms with Gasteiger partial charge in [-0.05, 0) is 32.3 Å². The molecule has 0 bridgehead atoms. The van der Waals surface area contributed by atoms with Crippen LogP contribution in [0.4, 0.5) is 5.95 Å². The minimum Gasteiger partial charge on any atom is -0.463 e. The van der Waals surface area contributed by atoms with E-state index in [2.05, 4.69) is 24.1 Å². The largest absolute Gasteiger partial charge is 0.463 e. The number of hydrogen-bond donors (Lipinski definition) is 1. The maximum Gasteiger partial charge on any atom is 0.338 e. The lowest BCUT2D eigenvalue weighted by Crippen LogP contribution is -2.29. The summed E-state index contributed by atoms with van der Waals surface area (Å²) in [5, 5.41) is 8.63. The Bertz CT molecular complexity index is 855. The first-order valence-electron chi connectivity index (χ1n) is 9.21. The highest BCUT2D eigenvalue weighted by Crippen LogP contribution is 2.36. The molecule has 0 radical (unpaired) electrons. The van der Waals surface area contributed by atoms with Crippen molar-refractivity contribution in [2.45, 2.75) is 45.8 Å². The third-order valence-corrected chi connectivity index (χ3v) is 5.53. The Morgan fingerprint density at radius 1 is 1.30 bits per heavy atom. The molecule has 1 aromatic carbocycles. The Morgan fingerprint density at radius 3 is 2.63 bits per heavy atom. The van der Waals surface area contributed by atoms with Crippen molar-refractivity contribution >= 4 is 23.7 Å². The zero-order valence-electron chi connectivity index (χ0n) is 16.4. The maximum absolute atomic E-state index is 12.7.